The molecule has 1 heterocycles. The highest BCUT2D eigenvalue weighted by molar-refractivity contribution is 9.10. The maximum atomic E-state index is 13.9. The van der Waals surface area contributed by atoms with E-state index in [9.17, 15) is 18.8 Å². The summed E-state index contributed by atoms with van der Waals surface area (Å²) in [6.07, 6.45) is 1.50. The fraction of sp³-hybridized carbons (Fsp3) is 0.115. The second-order valence-electron chi connectivity index (χ2n) is 7.74. The number of thioether (sulfide) groups is 1. The van der Waals surface area contributed by atoms with Gasteiger partial charge in [-0.1, -0.05) is 29.8 Å². The Morgan fingerprint density at radius 3 is 2.57 bits per heavy atom. The van der Waals surface area contributed by atoms with Crippen molar-refractivity contribution in [2.24, 2.45) is 0 Å². The Morgan fingerprint density at radius 2 is 1.89 bits per heavy atom. The predicted molar refractivity (Wildman–Crippen MR) is 144 cm³/mol. The number of nitrogens with one attached hydrogen (secondary N) is 1. The van der Waals surface area contributed by atoms with Crippen LogP contribution in [0.5, 0.6) is 11.5 Å². The summed E-state index contributed by atoms with van der Waals surface area (Å²) in [5.41, 5.74) is 1.41. The predicted octanol–water partition coefficient (Wildman–Crippen LogP) is 6.50. The Balaban J connectivity index is 1.43. The molecule has 3 aromatic carbocycles. The zero-order valence-corrected chi connectivity index (χ0v) is 22.5. The molecule has 0 aromatic heterocycles. The van der Waals surface area contributed by atoms with Crippen LogP contribution in [0.3, 0.4) is 0 Å². The lowest BCUT2D eigenvalue weighted by Gasteiger charge is -2.13. The topological polar surface area (TPSA) is 84.9 Å². The Labute approximate surface area is 229 Å². The van der Waals surface area contributed by atoms with Gasteiger partial charge in [0.25, 0.3) is 11.1 Å². The molecule has 0 unspecified atom stereocenters. The molecule has 7 nitrogen and oxygen atoms in total. The number of methoxy groups -OCH3 is 1. The van der Waals surface area contributed by atoms with E-state index in [1.54, 1.807) is 54.6 Å². The summed E-state index contributed by atoms with van der Waals surface area (Å²) in [5, 5.41) is 2.32. The molecule has 11 heteroatoms. The van der Waals surface area contributed by atoms with Gasteiger partial charge in [0.15, 0.2) is 5.75 Å². The lowest BCUT2D eigenvalue weighted by atomic mass is 10.2. The van der Waals surface area contributed by atoms with Crippen LogP contribution in [0, 0.1) is 5.82 Å². The van der Waals surface area contributed by atoms with Gasteiger partial charge in [0, 0.05) is 11.3 Å². The number of hydrogen-bond donors (Lipinski definition) is 1. The first-order valence-electron chi connectivity index (χ1n) is 10.8. The van der Waals surface area contributed by atoms with Crippen molar-refractivity contribution in [1.29, 1.82) is 0 Å². The minimum Gasteiger partial charge on any atom is -0.497 e. The maximum Gasteiger partial charge on any atom is 0.294 e. The monoisotopic (exact) mass is 604 g/mol. The first-order valence-corrected chi connectivity index (χ1v) is 12.8. The number of benzene rings is 3. The van der Waals surface area contributed by atoms with E-state index in [4.69, 9.17) is 21.1 Å². The summed E-state index contributed by atoms with van der Waals surface area (Å²) in [6.45, 7) is -0.455. The fourth-order valence-electron chi connectivity index (χ4n) is 3.37. The second-order valence-corrected chi connectivity index (χ2v) is 9.99. The highest BCUT2D eigenvalue weighted by Crippen LogP contribution is 2.38. The number of carbonyl (C=O) groups is 3. The molecule has 1 N–H and O–H groups in total. The summed E-state index contributed by atoms with van der Waals surface area (Å²) >= 11 is 10.5. The van der Waals surface area contributed by atoms with Gasteiger partial charge in [-0.15, -0.1) is 0 Å². The summed E-state index contributed by atoms with van der Waals surface area (Å²) in [4.78, 5) is 38.7. The van der Waals surface area contributed by atoms with Crippen LogP contribution in [0.25, 0.3) is 6.08 Å². The lowest BCUT2D eigenvalue weighted by molar-refractivity contribution is -0.127. The number of ether oxygens (including phenoxy) is 2. The van der Waals surface area contributed by atoms with Crippen LogP contribution >= 0.6 is 39.3 Å². The Bertz CT molecular complexity index is 1380. The van der Waals surface area contributed by atoms with Crippen molar-refractivity contribution in [1.82, 2.24) is 4.90 Å². The van der Waals surface area contributed by atoms with E-state index in [0.717, 1.165) is 16.7 Å². The molecule has 37 heavy (non-hydrogen) atoms. The SMILES string of the molecule is COc1ccc(NC(=O)CN2C(=O)S/C(=C/c3cc(Cl)c(OCc4ccccc4F)c(Br)c3)C2=O)cc1. The molecule has 1 aliphatic heterocycles. The third-order valence-electron chi connectivity index (χ3n) is 5.20. The molecule has 1 aliphatic rings. The van der Waals surface area contributed by atoms with Gasteiger partial charge >= 0.3 is 0 Å². The molecule has 0 spiro atoms. The van der Waals surface area contributed by atoms with Crippen LogP contribution in [0.15, 0.2) is 70.0 Å². The van der Waals surface area contributed by atoms with Crippen molar-refractivity contribution < 1.29 is 28.2 Å². The number of carbonyl (C=O) groups excluding carboxylic acids is 3. The molecule has 0 radical (unpaired) electrons. The Morgan fingerprint density at radius 1 is 1.16 bits per heavy atom. The summed E-state index contributed by atoms with van der Waals surface area (Å²) in [7, 11) is 1.53. The summed E-state index contributed by atoms with van der Waals surface area (Å²) in [6, 6.07) is 16.1. The van der Waals surface area contributed by atoms with Crippen molar-refractivity contribution in [3.8, 4) is 11.5 Å². The summed E-state index contributed by atoms with van der Waals surface area (Å²) < 4.78 is 25.1. The molecule has 190 valence electrons. The van der Waals surface area contributed by atoms with Crippen molar-refractivity contribution in [3.63, 3.8) is 0 Å². The van der Waals surface area contributed by atoms with Crippen LogP contribution < -0.4 is 14.8 Å². The molecule has 1 saturated heterocycles. The molecular formula is C26H19BrClFN2O5S. The largest absolute Gasteiger partial charge is 0.497 e. The van der Waals surface area contributed by atoms with Crippen LogP contribution in [0.4, 0.5) is 14.9 Å². The van der Waals surface area contributed by atoms with E-state index < -0.39 is 23.6 Å². The number of rotatable bonds is 8. The van der Waals surface area contributed by atoms with E-state index in [-0.39, 0.29) is 22.4 Å². The number of amides is 3. The van der Waals surface area contributed by atoms with E-state index in [2.05, 4.69) is 21.2 Å². The quantitative estimate of drug-likeness (QED) is 0.295. The number of hydrogen-bond acceptors (Lipinski definition) is 6. The average molecular weight is 606 g/mol. The second kappa shape index (κ2) is 11.8. The van der Waals surface area contributed by atoms with Crippen LogP contribution in [-0.2, 0) is 16.2 Å². The number of halogens is 3. The van der Waals surface area contributed by atoms with Crippen LogP contribution in [0.1, 0.15) is 11.1 Å². The molecule has 0 saturated carbocycles. The molecule has 4 rings (SSSR count). The van der Waals surface area contributed by atoms with Gasteiger partial charge in [-0.25, -0.2) is 4.39 Å². The number of anilines is 1. The molecular weight excluding hydrogens is 587 g/mol. The van der Waals surface area contributed by atoms with E-state index >= 15 is 0 Å². The Hall–Kier alpha value is -3.34. The Kier molecular flexibility index (Phi) is 8.52. The first kappa shape index (κ1) is 26.7. The van der Waals surface area contributed by atoms with Gasteiger partial charge in [0.2, 0.25) is 5.91 Å². The van der Waals surface area contributed by atoms with E-state index in [1.807, 2.05) is 0 Å². The van der Waals surface area contributed by atoms with Crippen molar-refractivity contribution in [2.45, 2.75) is 6.61 Å². The lowest BCUT2D eigenvalue weighted by Crippen LogP contribution is -2.36. The van der Waals surface area contributed by atoms with Gasteiger partial charge in [-0.3, -0.25) is 19.3 Å². The highest BCUT2D eigenvalue weighted by Gasteiger charge is 2.36. The fourth-order valence-corrected chi connectivity index (χ4v) is 5.20. The zero-order valence-electron chi connectivity index (χ0n) is 19.3. The van der Waals surface area contributed by atoms with Gasteiger partial charge in [-0.2, -0.15) is 0 Å². The maximum absolute atomic E-state index is 13.9. The van der Waals surface area contributed by atoms with Gasteiger partial charge in [0.1, 0.15) is 24.7 Å². The standard InChI is InChI=1S/C26H19BrClFN2O5S/c1-35-18-8-6-17(7-9-18)30-23(32)13-31-25(33)22(37-26(31)34)12-15-10-19(27)24(20(28)11-15)36-14-16-4-2-3-5-21(16)29/h2-12H,13-14H2,1H3,(H,30,32)/b22-12+. The number of nitrogens with zero attached hydrogens (tertiary/aromatic N) is 1. The minimum absolute atomic E-state index is 0.0260. The molecule has 0 bridgehead atoms. The summed E-state index contributed by atoms with van der Waals surface area (Å²) in [5.74, 6) is -0.557. The first-order chi connectivity index (χ1) is 17.7. The normalized spacial score (nSPS) is 14.3. The van der Waals surface area contributed by atoms with Crippen molar-refractivity contribution >= 4 is 68.1 Å². The molecule has 3 amide bonds. The average Bonchev–Trinajstić information content (AvgIpc) is 3.12. The smallest absolute Gasteiger partial charge is 0.294 e. The van der Waals surface area contributed by atoms with Crippen molar-refractivity contribution in [3.05, 3.63) is 92.0 Å². The van der Waals surface area contributed by atoms with Crippen LogP contribution in [-0.4, -0.2) is 35.6 Å². The van der Waals surface area contributed by atoms with E-state index in [1.165, 1.54) is 19.3 Å². The van der Waals surface area contributed by atoms with Gasteiger partial charge < -0.3 is 14.8 Å². The molecule has 1 fully saturated rings. The highest BCUT2D eigenvalue weighted by atomic mass is 79.9. The molecule has 0 atom stereocenters. The van der Waals surface area contributed by atoms with Crippen molar-refractivity contribution in [2.75, 3.05) is 19.0 Å². The molecule has 0 aliphatic carbocycles. The third-order valence-corrected chi connectivity index (χ3v) is 6.97. The van der Waals surface area contributed by atoms with Gasteiger partial charge in [-0.05, 0) is 81.8 Å². The molecule has 3 aromatic rings. The van der Waals surface area contributed by atoms with Gasteiger partial charge in [0.05, 0.1) is 21.5 Å². The van der Waals surface area contributed by atoms with E-state index in [0.29, 0.717) is 32.8 Å². The van der Waals surface area contributed by atoms with Crippen LogP contribution in [0.2, 0.25) is 5.02 Å². The zero-order chi connectivity index (χ0) is 26.5. The number of imide groups is 1. The third kappa shape index (κ3) is 6.51. The minimum atomic E-state index is -0.591.